The minimum atomic E-state index is -0.0226. The Morgan fingerprint density at radius 1 is 1.10 bits per heavy atom. The molecule has 0 saturated heterocycles. The lowest BCUT2D eigenvalue weighted by Crippen LogP contribution is -2.26. The monoisotopic (exact) mass is 282 g/mol. The Labute approximate surface area is 126 Å². The standard InChI is InChI=1S/C18H22N2O/c1-3-19-17-10-9-14(2)13-16(17)18(21)20-12-11-15-7-5-4-6-8-15/h4-10,13,19H,3,11-12H2,1-2H3,(H,20,21). The summed E-state index contributed by atoms with van der Waals surface area (Å²) in [6.45, 7) is 5.46. The smallest absolute Gasteiger partial charge is 0.253 e. The third-order valence-corrected chi connectivity index (χ3v) is 3.33. The van der Waals surface area contributed by atoms with Crippen LogP contribution < -0.4 is 10.6 Å². The molecule has 0 aliphatic carbocycles. The largest absolute Gasteiger partial charge is 0.385 e. The van der Waals surface area contributed by atoms with E-state index in [-0.39, 0.29) is 5.91 Å². The number of amides is 1. The molecule has 2 aromatic carbocycles. The van der Waals surface area contributed by atoms with E-state index < -0.39 is 0 Å². The summed E-state index contributed by atoms with van der Waals surface area (Å²) in [5.41, 5.74) is 3.92. The fourth-order valence-electron chi connectivity index (χ4n) is 2.25. The first-order chi connectivity index (χ1) is 10.2. The predicted molar refractivity (Wildman–Crippen MR) is 87.8 cm³/mol. The van der Waals surface area contributed by atoms with Crippen LogP contribution in [0.3, 0.4) is 0 Å². The molecule has 2 aromatic rings. The van der Waals surface area contributed by atoms with Crippen LogP contribution in [0.2, 0.25) is 0 Å². The van der Waals surface area contributed by atoms with Crippen molar-refractivity contribution < 1.29 is 4.79 Å². The Bertz CT molecular complexity index is 593. The van der Waals surface area contributed by atoms with E-state index in [9.17, 15) is 4.79 Å². The normalized spacial score (nSPS) is 10.2. The molecule has 2 rings (SSSR count). The maximum atomic E-state index is 12.3. The Morgan fingerprint density at radius 3 is 2.57 bits per heavy atom. The zero-order valence-corrected chi connectivity index (χ0v) is 12.6. The van der Waals surface area contributed by atoms with Crippen molar-refractivity contribution in [3.05, 3.63) is 65.2 Å². The molecule has 3 heteroatoms. The predicted octanol–water partition coefficient (Wildman–Crippen LogP) is 3.40. The van der Waals surface area contributed by atoms with E-state index in [1.165, 1.54) is 5.56 Å². The molecule has 0 aliphatic rings. The molecule has 3 nitrogen and oxygen atoms in total. The van der Waals surface area contributed by atoms with Gasteiger partial charge in [0.25, 0.3) is 5.91 Å². The number of carbonyl (C=O) groups is 1. The van der Waals surface area contributed by atoms with Gasteiger partial charge in [-0.15, -0.1) is 0 Å². The molecular formula is C18H22N2O. The number of hydrogen-bond acceptors (Lipinski definition) is 2. The maximum Gasteiger partial charge on any atom is 0.253 e. The van der Waals surface area contributed by atoms with Crippen molar-refractivity contribution in [1.82, 2.24) is 5.32 Å². The van der Waals surface area contributed by atoms with Gasteiger partial charge in [-0.2, -0.15) is 0 Å². The molecule has 0 spiro atoms. The molecular weight excluding hydrogens is 260 g/mol. The average molecular weight is 282 g/mol. The summed E-state index contributed by atoms with van der Waals surface area (Å²) >= 11 is 0. The van der Waals surface area contributed by atoms with Gasteiger partial charge >= 0.3 is 0 Å². The maximum absolute atomic E-state index is 12.3. The van der Waals surface area contributed by atoms with Crippen LogP contribution in [0.25, 0.3) is 0 Å². The van der Waals surface area contributed by atoms with Crippen LogP contribution in [0.15, 0.2) is 48.5 Å². The summed E-state index contributed by atoms with van der Waals surface area (Å²) in [5.74, 6) is -0.0226. The van der Waals surface area contributed by atoms with Gasteiger partial charge < -0.3 is 10.6 Å². The van der Waals surface area contributed by atoms with Crippen molar-refractivity contribution >= 4 is 11.6 Å². The Kier molecular flexibility index (Phi) is 5.38. The molecule has 1 amide bonds. The molecule has 0 aromatic heterocycles. The van der Waals surface area contributed by atoms with Crippen molar-refractivity contribution in [3.8, 4) is 0 Å². The van der Waals surface area contributed by atoms with Crippen LogP contribution in [0.4, 0.5) is 5.69 Å². The highest BCUT2D eigenvalue weighted by Crippen LogP contribution is 2.17. The molecule has 0 heterocycles. The van der Waals surface area contributed by atoms with Crippen LogP contribution in [0.1, 0.15) is 28.4 Å². The topological polar surface area (TPSA) is 41.1 Å². The zero-order valence-electron chi connectivity index (χ0n) is 12.6. The van der Waals surface area contributed by atoms with Gasteiger partial charge in [-0.3, -0.25) is 4.79 Å². The molecule has 0 atom stereocenters. The highest BCUT2D eigenvalue weighted by Gasteiger charge is 2.10. The molecule has 2 N–H and O–H groups in total. The van der Waals surface area contributed by atoms with Crippen LogP contribution in [-0.2, 0) is 6.42 Å². The molecule has 110 valence electrons. The van der Waals surface area contributed by atoms with Crippen molar-refractivity contribution in [1.29, 1.82) is 0 Å². The van der Waals surface area contributed by atoms with Gasteiger partial charge in [-0.1, -0.05) is 42.0 Å². The van der Waals surface area contributed by atoms with E-state index in [1.54, 1.807) is 0 Å². The third-order valence-electron chi connectivity index (χ3n) is 3.33. The van der Waals surface area contributed by atoms with Crippen LogP contribution >= 0.6 is 0 Å². The van der Waals surface area contributed by atoms with Gasteiger partial charge in [0.1, 0.15) is 0 Å². The number of benzene rings is 2. The summed E-state index contributed by atoms with van der Waals surface area (Å²) in [5, 5.41) is 6.23. The van der Waals surface area contributed by atoms with Gasteiger partial charge in [0.05, 0.1) is 5.56 Å². The highest BCUT2D eigenvalue weighted by atomic mass is 16.1. The second-order valence-corrected chi connectivity index (χ2v) is 5.07. The third kappa shape index (κ3) is 4.35. The second kappa shape index (κ2) is 7.48. The number of rotatable bonds is 6. The van der Waals surface area contributed by atoms with Gasteiger partial charge in [-0.05, 0) is 38.0 Å². The Balaban J connectivity index is 1.98. The molecule has 0 radical (unpaired) electrons. The minimum Gasteiger partial charge on any atom is -0.385 e. The van der Waals surface area contributed by atoms with Crippen molar-refractivity contribution in [2.75, 3.05) is 18.4 Å². The van der Waals surface area contributed by atoms with E-state index in [0.717, 1.165) is 24.2 Å². The first-order valence-corrected chi connectivity index (χ1v) is 7.37. The molecule has 0 saturated carbocycles. The lowest BCUT2D eigenvalue weighted by atomic mass is 10.1. The van der Waals surface area contributed by atoms with Crippen molar-refractivity contribution in [3.63, 3.8) is 0 Å². The SMILES string of the molecule is CCNc1ccc(C)cc1C(=O)NCCc1ccccc1. The summed E-state index contributed by atoms with van der Waals surface area (Å²) in [6.07, 6.45) is 0.842. The number of hydrogen-bond donors (Lipinski definition) is 2. The second-order valence-electron chi connectivity index (χ2n) is 5.07. The molecule has 0 fully saturated rings. The average Bonchev–Trinajstić information content (AvgIpc) is 2.50. The minimum absolute atomic E-state index is 0.0226. The lowest BCUT2D eigenvalue weighted by Gasteiger charge is -2.12. The van der Waals surface area contributed by atoms with E-state index in [1.807, 2.05) is 50.2 Å². The number of nitrogens with one attached hydrogen (secondary N) is 2. The van der Waals surface area contributed by atoms with Crippen LogP contribution in [0, 0.1) is 6.92 Å². The van der Waals surface area contributed by atoms with Gasteiger partial charge in [0.2, 0.25) is 0 Å². The first-order valence-electron chi connectivity index (χ1n) is 7.37. The molecule has 0 aliphatic heterocycles. The Morgan fingerprint density at radius 2 is 1.86 bits per heavy atom. The fourth-order valence-corrected chi connectivity index (χ4v) is 2.25. The van der Waals surface area contributed by atoms with Crippen LogP contribution in [0.5, 0.6) is 0 Å². The summed E-state index contributed by atoms with van der Waals surface area (Å²) in [7, 11) is 0. The molecule has 21 heavy (non-hydrogen) atoms. The highest BCUT2D eigenvalue weighted by molar-refractivity contribution is 5.99. The molecule has 0 unspecified atom stereocenters. The van der Waals surface area contributed by atoms with Gasteiger partial charge in [-0.25, -0.2) is 0 Å². The van der Waals surface area contributed by atoms with E-state index in [2.05, 4.69) is 22.8 Å². The zero-order chi connectivity index (χ0) is 15.1. The molecule has 0 bridgehead atoms. The van der Waals surface area contributed by atoms with Crippen LogP contribution in [-0.4, -0.2) is 19.0 Å². The van der Waals surface area contributed by atoms with E-state index >= 15 is 0 Å². The first kappa shape index (κ1) is 15.1. The summed E-state index contributed by atoms with van der Waals surface area (Å²) < 4.78 is 0. The lowest BCUT2D eigenvalue weighted by molar-refractivity contribution is 0.0955. The Hall–Kier alpha value is -2.29. The summed E-state index contributed by atoms with van der Waals surface area (Å²) in [4.78, 5) is 12.3. The van der Waals surface area contributed by atoms with Gasteiger partial charge in [0.15, 0.2) is 0 Å². The number of carbonyl (C=O) groups excluding carboxylic acids is 1. The van der Waals surface area contributed by atoms with E-state index in [0.29, 0.717) is 12.1 Å². The number of anilines is 1. The van der Waals surface area contributed by atoms with E-state index in [4.69, 9.17) is 0 Å². The number of aryl methyl sites for hydroxylation is 1. The fraction of sp³-hybridized carbons (Fsp3) is 0.278. The summed E-state index contributed by atoms with van der Waals surface area (Å²) in [6, 6.07) is 16.1. The van der Waals surface area contributed by atoms with Crippen molar-refractivity contribution in [2.45, 2.75) is 20.3 Å². The van der Waals surface area contributed by atoms with Crippen molar-refractivity contribution in [2.24, 2.45) is 0 Å². The quantitative estimate of drug-likeness (QED) is 0.852. The van der Waals surface area contributed by atoms with Gasteiger partial charge in [0, 0.05) is 18.8 Å².